The predicted octanol–water partition coefficient (Wildman–Crippen LogP) is 3.23. The summed E-state index contributed by atoms with van der Waals surface area (Å²) in [5.74, 6) is 0.572. The van der Waals surface area contributed by atoms with Gasteiger partial charge in [0.15, 0.2) is 0 Å². The van der Waals surface area contributed by atoms with E-state index in [1.54, 1.807) is 17.1 Å². The van der Waals surface area contributed by atoms with E-state index < -0.39 is 0 Å². The van der Waals surface area contributed by atoms with E-state index >= 15 is 0 Å². The summed E-state index contributed by atoms with van der Waals surface area (Å²) in [5.41, 5.74) is 2.08. The van der Waals surface area contributed by atoms with Gasteiger partial charge in [0.25, 0.3) is 0 Å². The largest absolute Gasteiger partial charge is 0.310 e. The first-order valence-corrected chi connectivity index (χ1v) is 8.80. The molecule has 26 heavy (non-hydrogen) atoms. The van der Waals surface area contributed by atoms with Crippen LogP contribution in [-0.4, -0.2) is 45.2 Å². The lowest BCUT2D eigenvalue weighted by Crippen LogP contribution is -2.31. The summed E-state index contributed by atoms with van der Waals surface area (Å²) >= 11 is 0. The van der Waals surface area contributed by atoms with Gasteiger partial charge in [-0.25, -0.2) is 9.67 Å². The maximum Gasteiger partial charge on any atom is 0.239 e. The van der Waals surface area contributed by atoms with Gasteiger partial charge in [-0.15, -0.1) is 0 Å². The molecule has 6 heteroatoms. The third kappa shape index (κ3) is 3.50. The van der Waals surface area contributed by atoms with Crippen LogP contribution in [0.4, 0.5) is 5.82 Å². The van der Waals surface area contributed by atoms with Crippen molar-refractivity contribution in [2.45, 2.75) is 12.8 Å². The molecule has 0 aliphatic carbocycles. The number of carbonyl (C=O) groups is 1. The molecule has 0 unspecified atom stereocenters. The second-order valence-electron chi connectivity index (χ2n) is 6.55. The number of benzene rings is 1. The van der Waals surface area contributed by atoms with Gasteiger partial charge < -0.3 is 5.32 Å². The molecule has 132 valence electrons. The number of nitrogens with one attached hydrogen (secondary N) is 1. The molecule has 0 atom stereocenters. The second kappa shape index (κ2) is 7.09. The highest BCUT2D eigenvalue weighted by molar-refractivity contribution is 5.94. The van der Waals surface area contributed by atoms with E-state index in [2.05, 4.69) is 32.9 Å². The molecule has 0 radical (unpaired) electrons. The second-order valence-corrected chi connectivity index (χ2v) is 6.55. The Bertz CT molecular complexity index is 956. The Hall–Kier alpha value is -2.99. The third-order valence-electron chi connectivity index (χ3n) is 4.68. The van der Waals surface area contributed by atoms with E-state index in [0.29, 0.717) is 12.4 Å². The smallest absolute Gasteiger partial charge is 0.239 e. The fraction of sp³-hybridized carbons (Fsp3) is 0.250. The number of likely N-dealkylation sites (tertiary alicyclic amines) is 1. The van der Waals surface area contributed by atoms with Crippen molar-refractivity contribution in [3.63, 3.8) is 0 Å². The number of amides is 1. The molecule has 1 N–H and O–H groups in total. The topological polar surface area (TPSA) is 63.1 Å². The number of carbonyl (C=O) groups excluding carboxylic acids is 1. The Balaban J connectivity index is 1.55. The number of fused-ring (bicyclic) bond motifs is 1. The molecule has 1 aliphatic heterocycles. The van der Waals surface area contributed by atoms with Crippen molar-refractivity contribution in [1.29, 1.82) is 0 Å². The van der Waals surface area contributed by atoms with Crippen molar-refractivity contribution in [2.75, 3.05) is 25.0 Å². The summed E-state index contributed by atoms with van der Waals surface area (Å²) in [6.45, 7) is 6.14. The molecule has 3 heterocycles. The van der Waals surface area contributed by atoms with Crippen molar-refractivity contribution in [2.24, 2.45) is 0 Å². The van der Waals surface area contributed by atoms with Crippen LogP contribution in [0.15, 0.2) is 49.4 Å². The van der Waals surface area contributed by atoms with Crippen LogP contribution >= 0.6 is 0 Å². The van der Waals surface area contributed by atoms with Gasteiger partial charge in [-0.2, -0.15) is 5.10 Å². The van der Waals surface area contributed by atoms with Crippen LogP contribution in [0.25, 0.3) is 28.1 Å². The van der Waals surface area contributed by atoms with E-state index in [9.17, 15) is 4.79 Å². The van der Waals surface area contributed by atoms with Gasteiger partial charge in [-0.1, -0.05) is 18.7 Å². The summed E-state index contributed by atoms with van der Waals surface area (Å²) in [4.78, 5) is 18.7. The van der Waals surface area contributed by atoms with Crippen LogP contribution in [0.5, 0.6) is 0 Å². The van der Waals surface area contributed by atoms with Crippen LogP contribution in [0.3, 0.4) is 0 Å². The van der Waals surface area contributed by atoms with Gasteiger partial charge in [0.05, 0.1) is 12.7 Å². The average molecular weight is 347 g/mol. The van der Waals surface area contributed by atoms with Gasteiger partial charge in [-0.05, 0) is 49.0 Å². The van der Waals surface area contributed by atoms with Gasteiger partial charge in [0, 0.05) is 29.5 Å². The zero-order valence-corrected chi connectivity index (χ0v) is 14.6. The molecular weight excluding hydrogens is 326 g/mol. The molecule has 0 saturated carbocycles. The fourth-order valence-corrected chi connectivity index (χ4v) is 3.30. The minimum Gasteiger partial charge on any atom is -0.310 e. The third-order valence-corrected chi connectivity index (χ3v) is 4.68. The predicted molar refractivity (Wildman–Crippen MR) is 104 cm³/mol. The molecule has 1 aromatic carbocycles. The summed E-state index contributed by atoms with van der Waals surface area (Å²) in [6, 6.07) is 8.06. The molecular formula is C20H21N5O. The Kier molecular flexibility index (Phi) is 4.50. The monoisotopic (exact) mass is 347 g/mol. The molecule has 1 fully saturated rings. The molecule has 3 aromatic rings. The molecule has 2 aromatic heterocycles. The average Bonchev–Trinajstić information content (AvgIpc) is 3.32. The van der Waals surface area contributed by atoms with Crippen LogP contribution < -0.4 is 5.32 Å². The number of anilines is 1. The maximum absolute atomic E-state index is 12.2. The van der Waals surface area contributed by atoms with E-state index in [4.69, 9.17) is 0 Å². The van der Waals surface area contributed by atoms with Crippen molar-refractivity contribution in [1.82, 2.24) is 19.7 Å². The van der Waals surface area contributed by atoms with Crippen molar-refractivity contribution in [3.05, 3.63) is 49.4 Å². The van der Waals surface area contributed by atoms with E-state index in [0.717, 1.165) is 35.0 Å². The first-order valence-electron chi connectivity index (χ1n) is 8.80. The van der Waals surface area contributed by atoms with Crippen LogP contribution in [-0.2, 0) is 4.79 Å². The first kappa shape index (κ1) is 16.5. The van der Waals surface area contributed by atoms with Gasteiger partial charge in [0.2, 0.25) is 5.91 Å². The Morgan fingerprint density at radius 3 is 2.77 bits per heavy atom. The summed E-state index contributed by atoms with van der Waals surface area (Å²) in [6.07, 6.45) is 9.52. The summed E-state index contributed by atoms with van der Waals surface area (Å²) in [5, 5.41) is 9.19. The van der Waals surface area contributed by atoms with Gasteiger partial charge >= 0.3 is 0 Å². The fourth-order valence-electron chi connectivity index (χ4n) is 3.30. The number of rotatable bonds is 5. The number of hydrogen-bond donors (Lipinski definition) is 1. The van der Waals surface area contributed by atoms with Gasteiger partial charge in [-0.3, -0.25) is 9.69 Å². The summed E-state index contributed by atoms with van der Waals surface area (Å²) < 4.78 is 1.68. The maximum atomic E-state index is 12.2. The van der Waals surface area contributed by atoms with Crippen LogP contribution in [0.2, 0.25) is 0 Å². The zero-order chi connectivity index (χ0) is 17.9. The molecule has 1 aliphatic rings. The molecule has 4 rings (SSSR count). The SMILES string of the molecule is C=Cn1cc(-c2ccc3cnc(NC(=O)CN4CCCC4)cc3c2)cn1. The molecule has 1 amide bonds. The zero-order valence-electron chi connectivity index (χ0n) is 14.6. The minimum absolute atomic E-state index is 0.0119. The van der Waals surface area contributed by atoms with E-state index in [1.807, 2.05) is 30.6 Å². The van der Waals surface area contributed by atoms with E-state index in [1.165, 1.54) is 12.8 Å². The van der Waals surface area contributed by atoms with Crippen molar-refractivity contribution >= 4 is 28.7 Å². The lowest BCUT2D eigenvalue weighted by molar-refractivity contribution is -0.117. The molecule has 1 saturated heterocycles. The highest BCUT2D eigenvalue weighted by atomic mass is 16.2. The minimum atomic E-state index is -0.0119. The highest BCUT2D eigenvalue weighted by Crippen LogP contribution is 2.25. The number of aromatic nitrogens is 3. The normalized spacial score (nSPS) is 14.6. The van der Waals surface area contributed by atoms with Gasteiger partial charge in [0.1, 0.15) is 5.82 Å². The quantitative estimate of drug-likeness (QED) is 0.770. The van der Waals surface area contributed by atoms with E-state index in [-0.39, 0.29) is 5.91 Å². The molecule has 6 nitrogen and oxygen atoms in total. The number of hydrogen-bond acceptors (Lipinski definition) is 4. The molecule has 0 bridgehead atoms. The van der Waals surface area contributed by atoms with Crippen LogP contribution in [0, 0.1) is 0 Å². The Morgan fingerprint density at radius 2 is 2.00 bits per heavy atom. The Labute approximate surface area is 152 Å². The standard InChI is InChI=1S/C20H21N5O/c1-2-25-13-18(12-22-25)15-5-6-16-11-21-19(10-17(16)9-15)23-20(26)14-24-7-3-4-8-24/h2,5-6,9-13H,1,3-4,7-8,14H2,(H,21,23,26). The highest BCUT2D eigenvalue weighted by Gasteiger charge is 2.15. The summed E-state index contributed by atoms with van der Waals surface area (Å²) in [7, 11) is 0. The van der Waals surface area contributed by atoms with Crippen LogP contribution in [0.1, 0.15) is 12.8 Å². The van der Waals surface area contributed by atoms with Crippen molar-refractivity contribution < 1.29 is 4.79 Å². The van der Waals surface area contributed by atoms with Crippen molar-refractivity contribution in [3.8, 4) is 11.1 Å². The first-order chi connectivity index (χ1) is 12.7. The molecule has 0 spiro atoms. The lowest BCUT2D eigenvalue weighted by atomic mass is 10.1. The number of nitrogens with zero attached hydrogens (tertiary/aromatic N) is 4. The Morgan fingerprint density at radius 1 is 1.15 bits per heavy atom. The number of pyridine rings is 1. The lowest BCUT2D eigenvalue weighted by Gasteiger charge is -2.14.